The number of nitrogens with zero attached hydrogens (tertiary/aromatic N) is 2. The zero-order valence-corrected chi connectivity index (χ0v) is 18.8. The summed E-state index contributed by atoms with van der Waals surface area (Å²) in [5.74, 6) is -3.80. The van der Waals surface area contributed by atoms with E-state index in [0.29, 0.717) is 11.6 Å². The first-order valence-corrected chi connectivity index (χ1v) is 11.4. The number of amides is 1. The summed E-state index contributed by atoms with van der Waals surface area (Å²) in [6, 6.07) is 11.9. The van der Waals surface area contributed by atoms with Crippen LogP contribution in [0.1, 0.15) is 24.2 Å². The summed E-state index contributed by atoms with van der Waals surface area (Å²) < 4.78 is 73.1. The normalized spacial score (nSPS) is 22.7. The molecule has 4 rings (SSSR count). The fourth-order valence-electron chi connectivity index (χ4n) is 4.11. The summed E-state index contributed by atoms with van der Waals surface area (Å²) in [5.41, 5.74) is 3.63. The van der Waals surface area contributed by atoms with Crippen LogP contribution in [0.15, 0.2) is 53.1 Å². The Morgan fingerprint density at radius 1 is 1.26 bits per heavy atom. The van der Waals surface area contributed by atoms with Crippen molar-refractivity contribution in [2.24, 2.45) is 11.7 Å². The third-order valence-corrected chi connectivity index (χ3v) is 7.56. The minimum Gasteiger partial charge on any atom is -0.755 e. The topological polar surface area (TPSA) is 139 Å². The van der Waals surface area contributed by atoms with Crippen molar-refractivity contribution in [3.8, 4) is 10.6 Å². The highest BCUT2D eigenvalue weighted by molar-refractivity contribution is 7.81. The van der Waals surface area contributed by atoms with Crippen molar-refractivity contribution in [1.29, 1.82) is 0 Å². The number of aromatic nitrogens is 1. The van der Waals surface area contributed by atoms with Crippen LogP contribution in [0.3, 0.4) is 0 Å². The second-order valence-corrected chi connectivity index (χ2v) is 9.30. The largest absolute Gasteiger partial charge is 0.755 e. The van der Waals surface area contributed by atoms with E-state index in [9.17, 15) is 31.5 Å². The van der Waals surface area contributed by atoms with Crippen molar-refractivity contribution in [2.75, 3.05) is 4.31 Å². The zero-order chi connectivity index (χ0) is 24.8. The molecule has 0 aliphatic heterocycles. The molecule has 0 saturated heterocycles. The first-order valence-electron chi connectivity index (χ1n) is 9.58. The predicted molar refractivity (Wildman–Crippen MR) is 113 cm³/mol. The van der Waals surface area contributed by atoms with E-state index in [1.165, 1.54) is 12.1 Å². The number of halogens is 3. The van der Waals surface area contributed by atoms with Gasteiger partial charge in [0.2, 0.25) is 5.76 Å². The lowest BCUT2D eigenvalue weighted by atomic mass is 10.1. The van der Waals surface area contributed by atoms with Crippen LogP contribution in [-0.2, 0) is 27.0 Å². The number of carbonyl (C=O) groups excluding carboxylic acids is 2. The maximum absolute atomic E-state index is 13.1. The van der Waals surface area contributed by atoms with Crippen molar-refractivity contribution in [1.82, 2.24) is 5.16 Å². The molecule has 4 atom stereocenters. The van der Waals surface area contributed by atoms with Crippen LogP contribution in [0.2, 0.25) is 0 Å². The minimum absolute atomic E-state index is 0.00778. The van der Waals surface area contributed by atoms with Crippen LogP contribution in [0.4, 0.5) is 23.0 Å². The molecule has 14 heteroatoms. The van der Waals surface area contributed by atoms with Gasteiger partial charge in [-0.2, -0.15) is 13.2 Å². The van der Waals surface area contributed by atoms with E-state index in [1.807, 2.05) is 0 Å². The number of primary amides is 1. The molecule has 1 aliphatic carbocycles. The van der Waals surface area contributed by atoms with Crippen molar-refractivity contribution >= 4 is 39.7 Å². The second kappa shape index (κ2) is 8.52. The number of rotatable bonds is 6. The zero-order valence-electron chi connectivity index (χ0n) is 17.1. The van der Waals surface area contributed by atoms with Crippen molar-refractivity contribution in [2.45, 2.75) is 24.6 Å². The maximum atomic E-state index is 13.1. The van der Waals surface area contributed by atoms with Gasteiger partial charge < -0.3 is 19.5 Å². The lowest BCUT2D eigenvalue weighted by Gasteiger charge is -2.33. The van der Waals surface area contributed by atoms with Crippen molar-refractivity contribution < 1.29 is 40.8 Å². The number of benzene rings is 1. The highest BCUT2D eigenvalue weighted by atomic mass is 32.2. The van der Waals surface area contributed by atoms with Crippen LogP contribution in [0.25, 0.3) is 10.6 Å². The Hall–Kier alpha value is -3.23. The minimum atomic E-state index is -4.75. The lowest BCUT2D eigenvalue weighted by Crippen LogP contribution is -2.49. The van der Waals surface area contributed by atoms with E-state index in [-0.39, 0.29) is 15.6 Å². The van der Waals surface area contributed by atoms with Crippen LogP contribution in [-0.4, -0.2) is 31.5 Å². The van der Waals surface area contributed by atoms with E-state index in [2.05, 4.69) is 14.4 Å². The molecule has 1 aliphatic rings. The summed E-state index contributed by atoms with van der Waals surface area (Å²) in [6.45, 7) is 1.61. The van der Waals surface area contributed by atoms with Gasteiger partial charge >= 0.3 is 18.2 Å². The first-order chi connectivity index (χ1) is 16.0. The first kappa shape index (κ1) is 23.9. The van der Waals surface area contributed by atoms with Crippen LogP contribution >= 0.6 is 11.3 Å². The SMILES string of the molecule is CC1C(c2ccccc2)C1(C(=O)OC(N)=O)N(c1ccc(-c2cc(C(F)(F)F)on2)s1)S(=O)[O-]. The van der Waals surface area contributed by atoms with Crippen LogP contribution in [0.5, 0.6) is 0 Å². The van der Waals surface area contributed by atoms with Gasteiger partial charge in [-0.3, -0.25) is 8.51 Å². The number of alkyl halides is 3. The van der Waals surface area contributed by atoms with Gasteiger partial charge in [0.15, 0.2) is 5.54 Å². The molecule has 0 bridgehead atoms. The molecule has 180 valence electrons. The molecule has 1 aromatic carbocycles. The molecule has 1 amide bonds. The average molecular weight is 514 g/mol. The van der Waals surface area contributed by atoms with Gasteiger partial charge in [-0.05, 0) is 17.7 Å². The van der Waals surface area contributed by atoms with Crippen LogP contribution in [0, 0.1) is 5.92 Å². The standard InChI is InChI=1S/C20H16F3N3O6S2/c1-10-16(11-5-3-2-4-6-11)19(10,17(27)31-18(24)28)26(34(29)30)15-8-7-13(33-15)12-9-14(32-25-12)20(21,22)23/h2-10,16H,1H3,(H2,24,28)(H,29,30)/p-1. The van der Waals surface area contributed by atoms with Gasteiger partial charge in [0, 0.05) is 29.2 Å². The third-order valence-electron chi connectivity index (χ3n) is 5.56. The van der Waals surface area contributed by atoms with E-state index >= 15 is 0 Å². The molecule has 2 aromatic heterocycles. The van der Waals surface area contributed by atoms with E-state index in [1.54, 1.807) is 37.3 Å². The van der Waals surface area contributed by atoms with Gasteiger partial charge in [0.05, 0.1) is 4.88 Å². The number of hydrogen-bond acceptors (Lipinski definition) is 8. The Morgan fingerprint density at radius 3 is 2.50 bits per heavy atom. The van der Waals surface area contributed by atoms with Gasteiger partial charge in [0.1, 0.15) is 10.7 Å². The Bertz CT molecular complexity index is 1260. The summed E-state index contributed by atoms with van der Waals surface area (Å²) >= 11 is -2.28. The molecule has 2 N–H and O–H groups in total. The number of hydrogen-bond donors (Lipinski definition) is 1. The summed E-state index contributed by atoms with van der Waals surface area (Å²) in [5, 5.41) is 3.38. The van der Waals surface area contributed by atoms with Crippen molar-refractivity contribution in [3.05, 3.63) is 59.9 Å². The fraction of sp³-hybridized carbons (Fsp3) is 0.250. The second-order valence-electron chi connectivity index (χ2n) is 7.43. The molecular weight excluding hydrogens is 499 g/mol. The molecule has 34 heavy (non-hydrogen) atoms. The number of carbonyl (C=O) groups is 2. The van der Waals surface area contributed by atoms with Gasteiger partial charge in [-0.15, -0.1) is 11.3 Å². The fourth-order valence-corrected chi connectivity index (χ4v) is 6.14. The van der Waals surface area contributed by atoms with E-state index < -0.39 is 52.6 Å². The molecule has 9 nitrogen and oxygen atoms in total. The molecule has 1 fully saturated rings. The molecule has 0 spiro atoms. The highest BCUT2D eigenvalue weighted by Gasteiger charge is 2.73. The number of nitrogens with two attached hydrogens (primary N) is 1. The summed E-state index contributed by atoms with van der Waals surface area (Å²) in [7, 11) is 0. The number of ether oxygens (including phenoxy) is 1. The highest BCUT2D eigenvalue weighted by Crippen LogP contribution is 2.63. The quantitative estimate of drug-likeness (QED) is 0.300. The predicted octanol–water partition coefficient (Wildman–Crippen LogP) is 3.82. The summed E-state index contributed by atoms with van der Waals surface area (Å²) in [6.07, 6.45) is -6.15. The Balaban J connectivity index is 1.78. The van der Waals surface area contributed by atoms with Gasteiger partial charge in [0.25, 0.3) is 0 Å². The molecule has 3 aromatic rings. The number of thiophene rings is 1. The molecule has 2 heterocycles. The van der Waals surface area contributed by atoms with Gasteiger partial charge in [-0.25, -0.2) is 9.59 Å². The maximum Gasteiger partial charge on any atom is 0.452 e. The Morgan fingerprint density at radius 2 is 1.94 bits per heavy atom. The Kier molecular flexibility index (Phi) is 5.99. The third kappa shape index (κ3) is 3.97. The van der Waals surface area contributed by atoms with Crippen molar-refractivity contribution in [3.63, 3.8) is 0 Å². The Labute approximate surface area is 196 Å². The number of anilines is 1. The van der Waals surface area contributed by atoms with Gasteiger partial charge in [-0.1, -0.05) is 42.4 Å². The van der Waals surface area contributed by atoms with E-state index in [4.69, 9.17) is 5.73 Å². The lowest BCUT2D eigenvalue weighted by molar-refractivity contribution is -0.155. The molecule has 1 saturated carbocycles. The van der Waals surface area contributed by atoms with Crippen LogP contribution < -0.4 is 10.0 Å². The number of esters is 1. The summed E-state index contributed by atoms with van der Waals surface area (Å²) in [4.78, 5) is 24.5. The molecular formula is C20H15F3N3O6S2-. The monoisotopic (exact) mass is 514 g/mol. The van der Waals surface area contributed by atoms with E-state index in [0.717, 1.165) is 15.6 Å². The smallest absolute Gasteiger partial charge is 0.452 e. The molecule has 0 radical (unpaired) electrons. The molecule has 4 unspecified atom stereocenters. The average Bonchev–Trinajstić information content (AvgIpc) is 3.15.